The highest BCUT2D eigenvalue weighted by atomic mass is 16.4. The largest absolute Gasteiger partial charge is 0.481 e. The van der Waals surface area contributed by atoms with Crippen LogP contribution in [0.25, 0.3) is 10.8 Å². The van der Waals surface area contributed by atoms with Crippen molar-refractivity contribution in [2.75, 3.05) is 0 Å². The monoisotopic (exact) mass is 286 g/mol. The van der Waals surface area contributed by atoms with E-state index >= 15 is 0 Å². The number of nitrogens with one attached hydrogen (secondary N) is 1. The summed E-state index contributed by atoms with van der Waals surface area (Å²) in [6, 6.07) is 7.53. The van der Waals surface area contributed by atoms with E-state index in [4.69, 9.17) is 5.11 Å². The zero-order valence-electron chi connectivity index (χ0n) is 11.7. The molecule has 2 aromatic rings. The van der Waals surface area contributed by atoms with E-state index in [0.717, 1.165) is 36.8 Å². The molecule has 2 N–H and O–H groups in total. The van der Waals surface area contributed by atoms with Gasteiger partial charge >= 0.3 is 5.97 Å². The maximum atomic E-state index is 11.8. The minimum Gasteiger partial charge on any atom is -0.481 e. The summed E-state index contributed by atoms with van der Waals surface area (Å²) < 4.78 is 0. The van der Waals surface area contributed by atoms with Crippen molar-refractivity contribution >= 4 is 16.7 Å². The Bertz CT molecular complexity index is 715. The molecule has 5 nitrogen and oxygen atoms in total. The predicted octanol–water partition coefficient (Wildman–Crippen LogP) is 2.67. The summed E-state index contributed by atoms with van der Waals surface area (Å²) in [7, 11) is 0. The van der Waals surface area contributed by atoms with Gasteiger partial charge < -0.3 is 5.11 Å². The molecular weight excluding hydrogens is 268 g/mol. The van der Waals surface area contributed by atoms with Crippen LogP contribution in [-0.2, 0) is 4.79 Å². The minimum atomic E-state index is -0.717. The lowest BCUT2D eigenvalue weighted by Gasteiger charge is -2.27. The zero-order valence-corrected chi connectivity index (χ0v) is 11.7. The Morgan fingerprint density at radius 1 is 1.19 bits per heavy atom. The third kappa shape index (κ3) is 2.82. The van der Waals surface area contributed by atoms with E-state index in [2.05, 4.69) is 10.2 Å². The highest BCUT2D eigenvalue weighted by molar-refractivity contribution is 5.83. The van der Waals surface area contributed by atoms with Crippen molar-refractivity contribution in [1.29, 1.82) is 0 Å². The number of H-pyrrole nitrogens is 1. The van der Waals surface area contributed by atoms with Gasteiger partial charge in [-0.15, -0.1) is 0 Å². The van der Waals surface area contributed by atoms with Gasteiger partial charge in [0.1, 0.15) is 0 Å². The summed E-state index contributed by atoms with van der Waals surface area (Å²) in [6.45, 7) is 0. The maximum Gasteiger partial charge on any atom is 0.303 e. The number of nitrogens with zero attached hydrogens (tertiary/aromatic N) is 1. The van der Waals surface area contributed by atoms with Gasteiger partial charge in [-0.25, -0.2) is 5.10 Å². The standard InChI is InChI=1S/C16H18N2O3/c19-14(20)9-10-5-7-11(8-6-10)15-12-3-1-2-4-13(12)16(21)18-17-15/h1-4,10-11H,5-9H2,(H,18,21)(H,19,20). The molecule has 0 amide bonds. The Hall–Kier alpha value is -2.17. The number of benzene rings is 1. The fraction of sp³-hybridized carbons (Fsp3) is 0.438. The zero-order chi connectivity index (χ0) is 14.8. The Morgan fingerprint density at radius 3 is 2.52 bits per heavy atom. The molecule has 1 aromatic carbocycles. The van der Waals surface area contributed by atoms with Crippen LogP contribution in [0.3, 0.4) is 0 Å². The summed E-state index contributed by atoms with van der Waals surface area (Å²) >= 11 is 0. The summed E-state index contributed by atoms with van der Waals surface area (Å²) in [6.07, 6.45) is 3.94. The molecule has 0 atom stereocenters. The summed E-state index contributed by atoms with van der Waals surface area (Å²) in [4.78, 5) is 22.6. The van der Waals surface area contributed by atoms with Crippen molar-refractivity contribution in [2.45, 2.75) is 38.0 Å². The normalized spacial score (nSPS) is 22.3. The molecule has 3 rings (SSSR count). The van der Waals surface area contributed by atoms with Crippen LogP contribution in [0.15, 0.2) is 29.1 Å². The van der Waals surface area contributed by atoms with Crippen LogP contribution in [0.2, 0.25) is 0 Å². The van der Waals surface area contributed by atoms with Gasteiger partial charge in [0.2, 0.25) is 0 Å². The van der Waals surface area contributed by atoms with Gasteiger partial charge in [-0.05, 0) is 37.7 Å². The number of carbonyl (C=O) groups is 1. The van der Waals surface area contributed by atoms with E-state index in [1.807, 2.05) is 24.3 Å². The van der Waals surface area contributed by atoms with Crippen LogP contribution in [0, 0.1) is 5.92 Å². The third-order valence-electron chi connectivity index (χ3n) is 4.42. The molecular formula is C16H18N2O3. The van der Waals surface area contributed by atoms with Crippen molar-refractivity contribution in [1.82, 2.24) is 10.2 Å². The molecule has 0 unspecified atom stereocenters. The molecule has 5 heteroatoms. The first-order valence-electron chi connectivity index (χ1n) is 7.34. The first-order valence-corrected chi connectivity index (χ1v) is 7.34. The Kier molecular flexibility index (Phi) is 3.73. The van der Waals surface area contributed by atoms with Gasteiger partial charge in [0, 0.05) is 17.7 Å². The van der Waals surface area contributed by atoms with E-state index in [1.54, 1.807) is 0 Å². The molecule has 1 aliphatic rings. The molecule has 1 saturated carbocycles. The first kappa shape index (κ1) is 13.8. The number of rotatable bonds is 3. The molecule has 1 aromatic heterocycles. The first-order chi connectivity index (χ1) is 10.1. The van der Waals surface area contributed by atoms with Crippen LogP contribution in [-0.4, -0.2) is 21.3 Å². The number of hydrogen-bond donors (Lipinski definition) is 2. The quantitative estimate of drug-likeness (QED) is 0.908. The molecule has 0 radical (unpaired) electrons. The smallest absolute Gasteiger partial charge is 0.303 e. The lowest BCUT2D eigenvalue weighted by molar-refractivity contribution is -0.138. The van der Waals surface area contributed by atoms with Gasteiger partial charge in [-0.3, -0.25) is 9.59 Å². The highest BCUT2D eigenvalue weighted by Crippen LogP contribution is 2.37. The molecule has 1 heterocycles. The van der Waals surface area contributed by atoms with Crippen LogP contribution in [0.4, 0.5) is 0 Å². The molecule has 21 heavy (non-hydrogen) atoms. The Labute approximate surface area is 122 Å². The van der Waals surface area contributed by atoms with Gasteiger partial charge in [0.15, 0.2) is 0 Å². The molecule has 0 spiro atoms. The van der Waals surface area contributed by atoms with Crippen molar-refractivity contribution in [3.63, 3.8) is 0 Å². The number of hydrogen-bond acceptors (Lipinski definition) is 3. The second kappa shape index (κ2) is 5.68. The fourth-order valence-electron chi connectivity index (χ4n) is 3.33. The SMILES string of the molecule is O=C(O)CC1CCC(c2n[nH]c(=O)c3ccccc23)CC1. The van der Waals surface area contributed by atoms with Gasteiger partial charge in [0.05, 0.1) is 11.1 Å². The molecule has 110 valence electrons. The number of aromatic nitrogens is 2. The van der Waals surface area contributed by atoms with Crippen molar-refractivity contribution in [3.05, 3.63) is 40.3 Å². The van der Waals surface area contributed by atoms with E-state index < -0.39 is 5.97 Å². The summed E-state index contributed by atoms with van der Waals surface area (Å²) in [5.41, 5.74) is 0.785. The fourth-order valence-corrected chi connectivity index (χ4v) is 3.33. The summed E-state index contributed by atoms with van der Waals surface area (Å²) in [5.74, 6) is -0.143. The minimum absolute atomic E-state index is 0.158. The number of carboxylic acid groups (broad SMARTS) is 1. The number of carboxylic acids is 1. The average Bonchev–Trinajstić information content (AvgIpc) is 2.48. The van der Waals surface area contributed by atoms with Crippen LogP contribution in [0.5, 0.6) is 0 Å². The second-order valence-corrected chi connectivity index (χ2v) is 5.80. The van der Waals surface area contributed by atoms with Gasteiger partial charge in [-0.2, -0.15) is 5.10 Å². The highest BCUT2D eigenvalue weighted by Gasteiger charge is 2.26. The molecule has 1 fully saturated rings. The van der Waals surface area contributed by atoms with Crippen LogP contribution < -0.4 is 5.56 Å². The molecule has 0 aliphatic heterocycles. The topological polar surface area (TPSA) is 83.0 Å². The average molecular weight is 286 g/mol. The molecule has 0 bridgehead atoms. The van der Waals surface area contributed by atoms with E-state index in [0.29, 0.717) is 11.3 Å². The maximum absolute atomic E-state index is 11.8. The molecule has 1 aliphatic carbocycles. The lowest BCUT2D eigenvalue weighted by atomic mass is 9.78. The van der Waals surface area contributed by atoms with Gasteiger partial charge in [0.25, 0.3) is 5.56 Å². The van der Waals surface area contributed by atoms with Crippen LogP contribution >= 0.6 is 0 Å². The van der Waals surface area contributed by atoms with Crippen molar-refractivity contribution in [2.24, 2.45) is 5.92 Å². The Balaban J connectivity index is 1.84. The summed E-state index contributed by atoms with van der Waals surface area (Å²) in [5, 5.41) is 17.3. The van der Waals surface area contributed by atoms with Crippen LogP contribution in [0.1, 0.15) is 43.7 Å². The van der Waals surface area contributed by atoms with Crippen molar-refractivity contribution in [3.8, 4) is 0 Å². The van der Waals surface area contributed by atoms with E-state index in [1.165, 1.54) is 0 Å². The number of aromatic amines is 1. The van der Waals surface area contributed by atoms with Crippen molar-refractivity contribution < 1.29 is 9.90 Å². The van der Waals surface area contributed by atoms with E-state index in [-0.39, 0.29) is 17.9 Å². The Morgan fingerprint density at radius 2 is 1.86 bits per heavy atom. The van der Waals surface area contributed by atoms with E-state index in [9.17, 15) is 9.59 Å². The van der Waals surface area contributed by atoms with Gasteiger partial charge in [-0.1, -0.05) is 18.2 Å². The number of aliphatic carboxylic acids is 1. The lowest BCUT2D eigenvalue weighted by Crippen LogP contribution is -2.19. The third-order valence-corrected chi connectivity index (χ3v) is 4.42. The molecule has 0 saturated heterocycles. The number of fused-ring (bicyclic) bond motifs is 1. The predicted molar refractivity (Wildman–Crippen MR) is 79.3 cm³/mol. The second-order valence-electron chi connectivity index (χ2n) is 5.80.